The lowest BCUT2D eigenvalue weighted by Gasteiger charge is -2.14. The summed E-state index contributed by atoms with van der Waals surface area (Å²) in [5, 5.41) is 10.7. The Morgan fingerprint density at radius 2 is 2.04 bits per heavy atom. The number of rotatable bonds is 5. The normalized spacial score (nSPS) is 12.5. The maximum Gasteiger partial charge on any atom is 0.231 e. The zero-order valence-corrected chi connectivity index (χ0v) is 14.8. The molecule has 0 aliphatic rings. The molecule has 0 radical (unpaired) electrons. The zero-order valence-electron chi connectivity index (χ0n) is 13.9. The van der Waals surface area contributed by atoms with E-state index in [4.69, 9.17) is 0 Å². The third-order valence-corrected chi connectivity index (χ3v) is 5.02. The fraction of sp³-hybridized carbons (Fsp3) is 0.167. The number of amides is 1. The molecule has 0 unspecified atom stereocenters. The van der Waals surface area contributed by atoms with Gasteiger partial charge in [0.25, 0.3) is 0 Å². The number of hydrogen-bond donors (Lipinski definition) is 2. The Morgan fingerprint density at radius 3 is 2.85 bits per heavy atom. The number of H-pyrrole nitrogens is 1. The van der Waals surface area contributed by atoms with E-state index < -0.39 is 0 Å². The quantitative estimate of drug-likeness (QED) is 0.529. The van der Waals surface area contributed by atoms with Crippen molar-refractivity contribution in [2.75, 3.05) is 5.75 Å². The molecule has 0 fully saturated rings. The minimum absolute atomic E-state index is 0.118. The fourth-order valence-electron chi connectivity index (χ4n) is 2.79. The Morgan fingerprint density at radius 1 is 1.27 bits per heavy atom. The largest absolute Gasteiger partial charge is 0.349 e. The molecule has 2 heterocycles. The molecule has 6 nitrogen and oxygen atoms in total. The summed E-state index contributed by atoms with van der Waals surface area (Å²) >= 11 is 1.33. The molecule has 1 amide bonds. The molecule has 4 aromatic rings. The van der Waals surface area contributed by atoms with E-state index in [0.29, 0.717) is 10.9 Å². The standard InChI is InChI=1S/C18H16FN5OS/c1-11(12-6-8-13(19)9-7-12)20-16(25)10-26-18-23-22-17-21-14-4-2-3-5-15(14)24(17)18/h2-9,11H,10H2,1H3,(H,20,25)(H,21,22)/t11-/m0/s1. The summed E-state index contributed by atoms with van der Waals surface area (Å²) in [6.07, 6.45) is 0. The molecule has 1 atom stereocenters. The Hall–Kier alpha value is -2.87. The molecule has 2 aromatic carbocycles. The number of fused-ring (bicyclic) bond motifs is 3. The highest BCUT2D eigenvalue weighted by atomic mass is 32.2. The average Bonchev–Trinajstić information content (AvgIpc) is 3.19. The summed E-state index contributed by atoms with van der Waals surface area (Å²) in [4.78, 5) is 16.7. The molecule has 0 aliphatic carbocycles. The van der Waals surface area contributed by atoms with E-state index in [1.54, 1.807) is 12.1 Å². The second-order valence-corrected chi connectivity index (χ2v) is 6.84. The van der Waals surface area contributed by atoms with Crippen LogP contribution in [0.15, 0.2) is 53.7 Å². The Labute approximate surface area is 152 Å². The summed E-state index contributed by atoms with van der Waals surface area (Å²) in [5.74, 6) is 0.456. The summed E-state index contributed by atoms with van der Waals surface area (Å²) in [6, 6.07) is 13.7. The van der Waals surface area contributed by atoms with Crippen LogP contribution in [0.25, 0.3) is 16.8 Å². The van der Waals surface area contributed by atoms with E-state index in [1.807, 2.05) is 35.6 Å². The van der Waals surface area contributed by atoms with Gasteiger partial charge in [0.15, 0.2) is 5.16 Å². The predicted molar refractivity (Wildman–Crippen MR) is 98.5 cm³/mol. The van der Waals surface area contributed by atoms with E-state index in [-0.39, 0.29) is 23.5 Å². The number of hydrogen-bond acceptors (Lipinski definition) is 4. The highest BCUT2D eigenvalue weighted by Crippen LogP contribution is 2.23. The summed E-state index contributed by atoms with van der Waals surface area (Å²) in [7, 11) is 0. The topological polar surface area (TPSA) is 75.1 Å². The van der Waals surface area contributed by atoms with Crippen molar-refractivity contribution in [2.45, 2.75) is 18.1 Å². The van der Waals surface area contributed by atoms with Crippen molar-refractivity contribution in [2.24, 2.45) is 0 Å². The van der Waals surface area contributed by atoms with E-state index in [2.05, 4.69) is 20.5 Å². The Bertz CT molecular complexity index is 1070. The monoisotopic (exact) mass is 369 g/mol. The molecule has 0 spiro atoms. The number of para-hydroxylation sites is 2. The third kappa shape index (κ3) is 3.15. The van der Waals surface area contributed by atoms with Gasteiger partial charge in [-0.1, -0.05) is 36.0 Å². The van der Waals surface area contributed by atoms with Gasteiger partial charge in [-0.3, -0.25) is 9.20 Å². The van der Waals surface area contributed by atoms with Crippen LogP contribution in [-0.2, 0) is 4.79 Å². The third-order valence-electron chi connectivity index (χ3n) is 4.08. The molecule has 26 heavy (non-hydrogen) atoms. The number of carbonyl (C=O) groups is 1. The van der Waals surface area contributed by atoms with Crippen molar-refractivity contribution >= 4 is 34.5 Å². The Balaban J connectivity index is 1.44. The number of nitrogens with one attached hydrogen (secondary N) is 2. The van der Waals surface area contributed by atoms with Crippen LogP contribution in [0.5, 0.6) is 0 Å². The lowest BCUT2D eigenvalue weighted by molar-refractivity contribution is -0.119. The maximum absolute atomic E-state index is 13.0. The minimum atomic E-state index is -0.294. The van der Waals surface area contributed by atoms with Crippen molar-refractivity contribution in [3.8, 4) is 0 Å². The van der Waals surface area contributed by atoms with Crippen LogP contribution in [-0.4, -0.2) is 31.2 Å². The van der Waals surface area contributed by atoms with Gasteiger partial charge in [-0.05, 0) is 36.8 Å². The molecule has 2 aromatic heterocycles. The predicted octanol–water partition coefficient (Wildman–Crippen LogP) is 3.32. The maximum atomic E-state index is 13.0. The number of aromatic nitrogens is 4. The first kappa shape index (κ1) is 16.6. The smallest absolute Gasteiger partial charge is 0.231 e. The summed E-state index contributed by atoms with van der Waals surface area (Å²) in [6.45, 7) is 1.87. The number of halogens is 1. The van der Waals surface area contributed by atoms with Crippen LogP contribution in [0.4, 0.5) is 4.39 Å². The molecular weight excluding hydrogens is 353 g/mol. The van der Waals surface area contributed by atoms with Gasteiger partial charge in [0.05, 0.1) is 22.8 Å². The van der Waals surface area contributed by atoms with Gasteiger partial charge in [0.1, 0.15) is 5.82 Å². The van der Waals surface area contributed by atoms with Crippen molar-refractivity contribution < 1.29 is 9.18 Å². The first-order valence-electron chi connectivity index (χ1n) is 8.11. The number of thioether (sulfide) groups is 1. The molecule has 8 heteroatoms. The van der Waals surface area contributed by atoms with Crippen LogP contribution in [0.3, 0.4) is 0 Å². The highest BCUT2D eigenvalue weighted by molar-refractivity contribution is 7.99. The zero-order chi connectivity index (χ0) is 18.1. The van der Waals surface area contributed by atoms with Crippen molar-refractivity contribution in [3.63, 3.8) is 0 Å². The van der Waals surface area contributed by atoms with Crippen LogP contribution < -0.4 is 5.32 Å². The van der Waals surface area contributed by atoms with Gasteiger partial charge in [-0.15, -0.1) is 5.10 Å². The SMILES string of the molecule is C[C@H](NC(=O)CSc1n[nH]c2nc3ccccc3n12)c1ccc(F)cc1. The Kier molecular flexibility index (Phi) is 4.34. The second-order valence-electron chi connectivity index (χ2n) is 5.90. The molecule has 2 N–H and O–H groups in total. The van der Waals surface area contributed by atoms with Crippen molar-refractivity contribution in [1.29, 1.82) is 0 Å². The van der Waals surface area contributed by atoms with E-state index in [9.17, 15) is 9.18 Å². The highest BCUT2D eigenvalue weighted by Gasteiger charge is 2.15. The average molecular weight is 369 g/mol. The number of aromatic amines is 1. The van der Waals surface area contributed by atoms with Crippen LogP contribution in [0.1, 0.15) is 18.5 Å². The molecule has 4 rings (SSSR count). The van der Waals surface area contributed by atoms with Crippen LogP contribution in [0.2, 0.25) is 0 Å². The van der Waals surface area contributed by atoms with Gasteiger partial charge < -0.3 is 5.32 Å². The first-order valence-corrected chi connectivity index (χ1v) is 9.09. The van der Waals surface area contributed by atoms with Gasteiger partial charge >= 0.3 is 0 Å². The van der Waals surface area contributed by atoms with Crippen molar-refractivity contribution in [3.05, 3.63) is 59.9 Å². The molecule has 0 saturated heterocycles. The van der Waals surface area contributed by atoms with Gasteiger partial charge in [0.2, 0.25) is 11.7 Å². The fourth-order valence-corrected chi connectivity index (χ4v) is 3.55. The van der Waals surface area contributed by atoms with Crippen LogP contribution in [0, 0.1) is 5.82 Å². The van der Waals surface area contributed by atoms with Crippen molar-refractivity contribution in [1.82, 2.24) is 24.9 Å². The number of imidazole rings is 1. The molecular formula is C18H16FN5OS. The summed E-state index contributed by atoms with van der Waals surface area (Å²) in [5.41, 5.74) is 2.67. The second kappa shape index (κ2) is 6.80. The van der Waals surface area contributed by atoms with E-state index >= 15 is 0 Å². The van der Waals surface area contributed by atoms with Gasteiger partial charge in [0, 0.05) is 0 Å². The molecule has 0 aliphatic heterocycles. The van der Waals surface area contributed by atoms with Gasteiger partial charge in [-0.2, -0.15) is 0 Å². The number of carbonyl (C=O) groups excluding carboxylic acids is 1. The van der Waals surface area contributed by atoms with E-state index in [0.717, 1.165) is 16.6 Å². The van der Waals surface area contributed by atoms with E-state index in [1.165, 1.54) is 23.9 Å². The molecule has 0 bridgehead atoms. The minimum Gasteiger partial charge on any atom is -0.349 e. The van der Waals surface area contributed by atoms with Crippen LogP contribution >= 0.6 is 11.8 Å². The number of nitrogens with zero attached hydrogens (tertiary/aromatic N) is 3. The molecule has 132 valence electrons. The van der Waals surface area contributed by atoms with Gasteiger partial charge in [-0.25, -0.2) is 14.5 Å². The molecule has 0 saturated carbocycles. The number of benzene rings is 2. The lowest BCUT2D eigenvalue weighted by Crippen LogP contribution is -2.28. The summed E-state index contributed by atoms with van der Waals surface area (Å²) < 4.78 is 14.9. The first-order chi connectivity index (χ1) is 12.6. The lowest BCUT2D eigenvalue weighted by atomic mass is 10.1.